The summed E-state index contributed by atoms with van der Waals surface area (Å²) in [6.45, 7) is 4.19. The number of phenols is 1. The molecule has 1 aliphatic heterocycles. The number of aromatic hydroxyl groups is 1. The van der Waals surface area contributed by atoms with E-state index in [1.807, 2.05) is 17.0 Å². The summed E-state index contributed by atoms with van der Waals surface area (Å²) in [5.74, 6) is 0.449. The highest BCUT2D eigenvalue weighted by Crippen LogP contribution is 2.12. The lowest BCUT2D eigenvalue weighted by Gasteiger charge is -2.33. The van der Waals surface area contributed by atoms with E-state index < -0.39 is 10.7 Å². The molecule has 1 aromatic carbocycles. The van der Waals surface area contributed by atoms with Crippen LogP contribution in [0.4, 0.5) is 0 Å². The van der Waals surface area contributed by atoms with Crippen molar-refractivity contribution in [2.24, 2.45) is 0 Å². The van der Waals surface area contributed by atoms with Gasteiger partial charge in [0.25, 0.3) is 0 Å². The highest BCUT2D eigenvalue weighted by molar-refractivity contribution is 7.72. The molecule has 1 N–H and O–H groups in total. The van der Waals surface area contributed by atoms with Crippen molar-refractivity contribution in [1.29, 1.82) is 0 Å². The maximum absolute atomic E-state index is 10.6. The predicted molar refractivity (Wildman–Crippen MR) is 70.1 cm³/mol. The van der Waals surface area contributed by atoms with E-state index in [2.05, 4.69) is 4.90 Å². The molecule has 1 aromatic rings. The summed E-state index contributed by atoms with van der Waals surface area (Å²) in [4.78, 5) is 4.25. The first-order valence-electron chi connectivity index (χ1n) is 5.98. The number of rotatable bonds is 4. The Morgan fingerprint density at radius 1 is 1.00 bits per heavy atom. The zero-order valence-corrected chi connectivity index (χ0v) is 11.1. The molecule has 5 nitrogen and oxygen atoms in total. The number of nitrogens with zero attached hydrogens (tertiary/aromatic N) is 2. The lowest BCUT2D eigenvalue weighted by molar-refractivity contribution is 0.142. The Balaban J connectivity index is 1.81. The number of benzene rings is 1. The van der Waals surface area contributed by atoms with Crippen molar-refractivity contribution in [3.8, 4) is 5.75 Å². The van der Waals surface area contributed by atoms with Crippen LogP contribution < -0.4 is 0 Å². The summed E-state index contributed by atoms with van der Waals surface area (Å²) < 4.78 is 21.3. The van der Waals surface area contributed by atoms with E-state index >= 15 is 0 Å². The van der Waals surface area contributed by atoms with Gasteiger partial charge >= 0.3 is 0 Å². The molecule has 0 radical (unpaired) electrons. The lowest BCUT2D eigenvalue weighted by Crippen LogP contribution is -2.46. The smallest absolute Gasteiger partial charge is 0.153 e. The number of hydrogen-bond donors (Lipinski definition) is 2. The van der Waals surface area contributed by atoms with Crippen LogP contribution >= 0.6 is 0 Å². The molecule has 1 fully saturated rings. The van der Waals surface area contributed by atoms with Gasteiger partial charge in [-0.2, -0.15) is 0 Å². The van der Waals surface area contributed by atoms with E-state index in [1.165, 1.54) is 0 Å². The monoisotopic (exact) mass is 270 g/mol. The van der Waals surface area contributed by atoms with E-state index in [9.17, 15) is 13.5 Å². The molecule has 0 bridgehead atoms. The Bertz CT molecular complexity index is 443. The zero-order valence-electron chi connectivity index (χ0n) is 10.2. The summed E-state index contributed by atoms with van der Waals surface area (Å²) in [5.41, 5.74) is 1.16. The van der Waals surface area contributed by atoms with Crippen molar-refractivity contribution < 1.29 is 13.5 Å². The van der Waals surface area contributed by atoms with Crippen LogP contribution in [0.3, 0.4) is 0 Å². The standard InChI is InChI=1S/C12H18N2O3S/c15-12-3-1-11(2-4-12)9-13-5-7-14(8-6-13)10-18(16)17/h1-4,15,18H,5-10H2. The molecule has 0 spiro atoms. The highest BCUT2D eigenvalue weighted by Gasteiger charge is 2.17. The van der Waals surface area contributed by atoms with Gasteiger partial charge in [0.15, 0.2) is 10.7 Å². The molecule has 6 heteroatoms. The third kappa shape index (κ3) is 3.97. The average molecular weight is 270 g/mol. The van der Waals surface area contributed by atoms with Gasteiger partial charge in [-0.05, 0) is 17.7 Å². The Morgan fingerprint density at radius 2 is 1.56 bits per heavy atom. The first-order chi connectivity index (χ1) is 8.63. The molecule has 0 amide bonds. The topological polar surface area (TPSA) is 60.9 Å². The second-order valence-electron chi connectivity index (χ2n) is 4.53. The molecular weight excluding hydrogens is 252 g/mol. The third-order valence-corrected chi connectivity index (χ3v) is 3.75. The number of thiol groups is 1. The van der Waals surface area contributed by atoms with Crippen LogP contribution in [-0.4, -0.2) is 55.4 Å². The van der Waals surface area contributed by atoms with E-state index in [0.29, 0.717) is 0 Å². The van der Waals surface area contributed by atoms with E-state index in [-0.39, 0.29) is 11.6 Å². The normalized spacial score (nSPS) is 18.3. The fraction of sp³-hybridized carbons (Fsp3) is 0.500. The van der Waals surface area contributed by atoms with E-state index in [4.69, 9.17) is 0 Å². The van der Waals surface area contributed by atoms with Gasteiger partial charge in [0, 0.05) is 32.7 Å². The van der Waals surface area contributed by atoms with Gasteiger partial charge in [0.1, 0.15) is 5.75 Å². The molecule has 1 heterocycles. The molecule has 0 aromatic heterocycles. The third-order valence-electron chi connectivity index (χ3n) is 3.12. The van der Waals surface area contributed by atoms with Crippen molar-refractivity contribution in [3.63, 3.8) is 0 Å². The molecule has 0 aliphatic carbocycles. The largest absolute Gasteiger partial charge is 0.508 e. The first kappa shape index (κ1) is 13.3. The van der Waals surface area contributed by atoms with Crippen molar-refractivity contribution in [2.75, 3.05) is 32.1 Å². The van der Waals surface area contributed by atoms with Gasteiger partial charge in [-0.15, -0.1) is 0 Å². The lowest BCUT2D eigenvalue weighted by atomic mass is 10.2. The van der Waals surface area contributed by atoms with Crippen molar-refractivity contribution in [3.05, 3.63) is 29.8 Å². The quantitative estimate of drug-likeness (QED) is 0.759. The minimum Gasteiger partial charge on any atom is -0.508 e. The summed E-state index contributed by atoms with van der Waals surface area (Å²) in [6.07, 6.45) is 0. The highest BCUT2D eigenvalue weighted by atomic mass is 32.2. The second-order valence-corrected chi connectivity index (χ2v) is 5.48. The molecule has 18 heavy (non-hydrogen) atoms. The van der Waals surface area contributed by atoms with E-state index in [0.717, 1.165) is 38.3 Å². The number of phenolic OH excluding ortho intramolecular Hbond substituents is 1. The number of piperazine rings is 1. The molecule has 1 aliphatic rings. The van der Waals surface area contributed by atoms with E-state index in [1.54, 1.807) is 12.1 Å². The fourth-order valence-corrected chi connectivity index (χ4v) is 2.72. The molecule has 0 atom stereocenters. The predicted octanol–water partition coefficient (Wildman–Crippen LogP) is 0.0787. The van der Waals surface area contributed by atoms with Crippen LogP contribution in [0.15, 0.2) is 24.3 Å². The van der Waals surface area contributed by atoms with Gasteiger partial charge in [-0.3, -0.25) is 9.80 Å². The van der Waals surface area contributed by atoms with Gasteiger partial charge in [-0.1, -0.05) is 12.1 Å². The molecule has 0 unspecified atom stereocenters. The molecule has 1 saturated heterocycles. The van der Waals surface area contributed by atoms with Crippen LogP contribution in [0.2, 0.25) is 0 Å². The minimum atomic E-state index is -2.31. The Morgan fingerprint density at radius 3 is 2.11 bits per heavy atom. The second kappa shape index (κ2) is 6.17. The van der Waals surface area contributed by atoms with Gasteiger partial charge in [-0.25, -0.2) is 8.42 Å². The fourth-order valence-electron chi connectivity index (χ4n) is 2.11. The molecule has 0 saturated carbocycles. The Labute approximate surface area is 109 Å². The van der Waals surface area contributed by atoms with Crippen molar-refractivity contribution in [1.82, 2.24) is 9.80 Å². The van der Waals surface area contributed by atoms with Crippen LogP contribution in [0.25, 0.3) is 0 Å². The molecular formula is C12H18N2O3S. The van der Waals surface area contributed by atoms with Crippen LogP contribution in [0.5, 0.6) is 5.75 Å². The summed E-state index contributed by atoms with van der Waals surface area (Å²) in [6, 6.07) is 7.20. The first-order valence-corrected chi connectivity index (χ1v) is 7.34. The average Bonchev–Trinajstić information content (AvgIpc) is 2.34. The van der Waals surface area contributed by atoms with Crippen LogP contribution in [0.1, 0.15) is 5.56 Å². The van der Waals surface area contributed by atoms with Crippen molar-refractivity contribution >= 4 is 10.7 Å². The zero-order chi connectivity index (χ0) is 13.0. The Hall–Kier alpha value is -1.11. The minimum absolute atomic E-state index is 0.169. The summed E-state index contributed by atoms with van der Waals surface area (Å²) >= 11 is 0. The summed E-state index contributed by atoms with van der Waals surface area (Å²) in [7, 11) is -2.31. The Kier molecular flexibility index (Phi) is 4.57. The maximum atomic E-state index is 10.6. The molecule has 100 valence electrons. The molecule has 2 rings (SSSR count). The van der Waals surface area contributed by atoms with Gasteiger partial charge in [0.2, 0.25) is 0 Å². The SMILES string of the molecule is O=[SH](=O)CN1CCN(Cc2ccc(O)cc2)CC1. The maximum Gasteiger partial charge on any atom is 0.153 e. The van der Waals surface area contributed by atoms with Gasteiger partial charge in [0.05, 0.1) is 5.88 Å². The summed E-state index contributed by atoms with van der Waals surface area (Å²) in [5, 5.41) is 9.20. The van der Waals surface area contributed by atoms with Gasteiger partial charge < -0.3 is 5.11 Å². The van der Waals surface area contributed by atoms with Crippen molar-refractivity contribution in [2.45, 2.75) is 6.54 Å². The van der Waals surface area contributed by atoms with Crippen LogP contribution in [0, 0.1) is 0 Å². The number of hydrogen-bond acceptors (Lipinski definition) is 5. The van der Waals surface area contributed by atoms with Crippen LogP contribution in [-0.2, 0) is 17.2 Å².